The van der Waals surface area contributed by atoms with E-state index in [-0.39, 0.29) is 18.9 Å². The van der Waals surface area contributed by atoms with E-state index < -0.39 is 11.5 Å². The van der Waals surface area contributed by atoms with Crippen molar-refractivity contribution in [3.05, 3.63) is 29.8 Å². The lowest BCUT2D eigenvalue weighted by Crippen LogP contribution is -2.55. The number of nitrogens with one attached hydrogen (secondary N) is 1. The van der Waals surface area contributed by atoms with Gasteiger partial charge in [-0.15, -0.1) is 0 Å². The summed E-state index contributed by atoms with van der Waals surface area (Å²) in [5.41, 5.74) is 0.639. The first kappa shape index (κ1) is 15.4. The number of ether oxygens (including phenoxy) is 1. The summed E-state index contributed by atoms with van der Waals surface area (Å²) in [5.74, 6) is -0.509. The molecule has 2 rings (SSSR count). The maximum Gasteiger partial charge on any atom is 0.305 e. The zero-order chi connectivity index (χ0) is 15.3. The Morgan fingerprint density at radius 1 is 1.29 bits per heavy atom. The van der Waals surface area contributed by atoms with E-state index in [1.807, 2.05) is 24.3 Å². The molecule has 0 radical (unpaired) electrons. The van der Waals surface area contributed by atoms with E-state index >= 15 is 0 Å². The monoisotopic (exact) mass is 291 g/mol. The molecular weight excluding hydrogens is 270 g/mol. The molecule has 5 nitrogen and oxygen atoms in total. The van der Waals surface area contributed by atoms with Crippen LogP contribution in [-0.2, 0) is 16.0 Å². The van der Waals surface area contributed by atoms with Gasteiger partial charge in [-0.3, -0.25) is 9.59 Å². The van der Waals surface area contributed by atoms with E-state index in [1.165, 1.54) is 5.56 Å². The Morgan fingerprint density at radius 3 is 2.43 bits per heavy atom. The van der Waals surface area contributed by atoms with Crippen molar-refractivity contribution in [3.63, 3.8) is 0 Å². The molecule has 0 spiro atoms. The van der Waals surface area contributed by atoms with Crippen molar-refractivity contribution in [3.8, 4) is 5.75 Å². The number of aryl methyl sites for hydroxylation is 1. The van der Waals surface area contributed by atoms with E-state index in [4.69, 9.17) is 9.84 Å². The predicted molar refractivity (Wildman–Crippen MR) is 78.3 cm³/mol. The van der Waals surface area contributed by atoms with Crippen LogP contribution in [0.15, 0.2) is 24.3 Å². The molecule has 1 fully saturated rings. The first-order valence-corrected chi connectivity index (χ1v) is 7.27. The zero-order valence-corrected chi connectivity index (χ0v) is 12.2. The molecule has 1 amide bonds. The summed E-state index contributed by atoms with van der Waals surface area (Å²) in [7, 11) is 0. The van der Waals surface area contributed by atoms with E-state index in [2.05, 4.69) is 12.2 Å². The van der Waals surface area contributed by atoms with Crippen LogP contribution in [0.1, 0.15) is 38.2 Å². The molecule has 0 unspecified atom stereocenters. The lowest BCUT2D eigenvalue weighted by molar-refractivity contribution is -0.140. The molecule has 0 aromatic heterocycles. The number of hydrogen-bond donors (Lipinski definition) is 2. The van der Waals surface area contributed by atoms with Crippen molar-refractivity contribution in [2.75, 3.05) is 6.61 Å². The number of carbonyl (C=O) groups is 2. The van der Waals surface area contributed by atoms with Crippen molar-refractivity contribution in [1.82, 2.24) is 5.32 Å². The Kier molecular flexibility index (Phi) is 4.83. The fourth-order valence-corrected chi connectivity index (χ4v) is 2.54. The number of carboxylic acids is 1. The van der Waals surface area contributed by atoms with E-state index in [9.17, 15) is 9.59 Å². The summed E-state index contributed by atoms with van der Waals surface area (Å²) in [6.45, 7) is 1.98. The van der Waals surface area contributed by atoms with Gasteiger partial charge in [0, 0.05) is 0 Å². The summed E-state index contributed by atoms with van der Waals surface area (Å²) in [6, 6.07) is 7.60. The lowest BCUT2D eigenvalue weighted by atomic mass is 9.74. The van der Waals surface area contributed by atoms with Crippen molar-refractivity contribution in [2.24, 2.45) is 0 Å². The summed E-state index contributed by atoms with van der Waals surface area (Å²) < 4.78 is 5.43. The third-order valence-corrected chi connectivity index (χ3v) is 3.91. The van der Waals surface area contributed by atoms with Crippen molar-refractivity contribution >= 4 is 11.9 Å². The van der Waals surface area contributed by atoms with Gasteiger partial charge >= 0.3 is 5.97 Å². The Morgan fingerprint density at radius 2 is 1.95 bits per heavy atom. The topological polar surface area (TPSA) is 75.6 Å². The molecule has 1 aliphatic rings. The van der Waals surface area contributed by atoms with Crippen LogP contribution in [0.25, 0.3) is 0 Å². The highest BCUT2D eigenvalue weighted by Gasteiger charge is 2.40. The van der Waals surface area contributed by atoms with Crippen LogP contribution in [0.3, 0.4) is 0 Å². The highest BCUT2D eigenvalue weighted by atomic mass is 16.5. The van der Waals surface area contributed by atoms with Gasteiger partial charge in [-0.05, 0) is 43.4 Å². The smallest absolute Gasteiger partial charge is 0.305 e. The Labute approximate surface area is 124 Å². The minimum Gasteiger partial charge on any atom is -0.484 e. The van der Waals surface area contributed by atoms with Gasteiger partial charge in [0.15, 0.2) is 6.61 Å². The molecule has 1 aromatic carbocycles. The number of carbonyl (C=O) groups excluding carboxylic acids is 1. The second kappa shape index (κ2) is 6.61. The van der Waals surface area contributed by atoms with Crippen LogP contribution >= 0.6 is 0 Å². The van der Waals surface area contributed by atoms with Crippen LogP contribution in [0.4, 0.5) is 0 Å². The second-order valence-electron chi connectivity index (χ2n) is 5.54. The zero-order valence-electron chi connectivity index (χ0n) is 12.2. The van der Waals surface area contributed by atoms with Crippen molar-refractivity contribution in [2.45, 2.75) is 44.6 Å². The molecule has 1 saturated carbocycles. The van der Waals surface area contributed by atoms with E-state index in [0.717, 1.165) is 25.7 Å². The SMILES string of the molecule is CCc1ccc(OCC(=O)NC2(CC(=O)O)CCC2)cc1. The maximum absolute atomic E-state index is 11.9. The van der Waals surface area contributed by atoms with E-state index in [1.54, 1.807) is 0 Å². The van der Waals surface area contributed by atoms with Crippen molar-refractivity contribution in [1.29, 1.82) is 0 Å². The molecule has 2 N–H and O–H groups in total. The summed E-state index contributed by atoms with van der Waals surface area (Å²) >= 11 is 0. The van der Waals surface area contributed by atoms with Crippen LogP contribution in [0.5, 0.6) is 5.75 Å². The standard InChI is InChI=1S/C16H21NO4/c1-2-12-4-6-13(7-5-12)21-11-14(18)17-16(8-3-9-16)10-15(19)20/h4-7H,2-3,8-11H2,1H3,(H,17,18)(H,19,20). The predicted octanol–water partition coefficient (Wildman–Crippen LogP) is 2.14. The van der Waals surface area contributed by atoms with Gasteiger partial charge in [-0.25, -0.2) is 0 Å². The third-order valence-electron chi connectivity index (χ3n) is 3.91. The van der Waals surface area contributed by atoms with Gasteiger partial charge in [0.05, 0.1) is 12.0 Å². The maximum atomic E-state index is 11.9. The molecule has 1 aliphatic carbocycles. The highest BCUT2D eigenvalue weighted by molar-refractivity contribution is 5.80. The quantitative estimate of drug-likeness (QED) is 0.807. The third kappa shape index (κ3) is 4.21. The number of benzene rings is 1. The number of rotatable bonds is 7. The first-order chi connectivity index (χ1) is 10.0. The largest absolute Gasteiger partial charge is 0.484 e. The van der Waals surface area contributed by atoms with Gasteiger partial charge in [0.2, 0.25) is 0 Å². The molecule has 0 heterocycles. The molecule has 21 heavy (non-hydrogen) atoms. The average molecular weight is 291 g/mol. The molecule has 1 aromatic rings. The summed E-state index contributed by atoms with van der Waals surface area (Å²) in [5, 5.41) is 11.7. The molecule has 0 saturated heterocycles. The molecule has 0 bridgehead atoms. The molecule has 114 valence electrons. The van der Waals surface area contributed by atoms with Gasteiger partial charge in [0.25, 0.3) is 5.91 Å². The minimum atomic E-state index is -0.883. The van der Waals surface area contributed by atoms with Crippen LogP contribution in [0, 0.1) is 0 Å². The van der Waals surface area contributed by atoms with Gasteiger partial charge in [0.1, 0.15) is 5.75 Å². The van der Waals surface area contributed by atoms with Crippen LogP contribution in [0.2, 0.25) is 0 Å². The van der Waals surface area contributed by atoms with Crippen LogP contribution in [-0.4, -0.2) is 29.1 Å². The lowest BCUT2D eigenvalue weighted by Gasteiger charge is -2.41. The fourth-order valence-electron chi connectivity index (χ4n) is 2.54. The molecule has 0 aliphatic heterocycles. The summed E-state index contributed by atoms with van der Waals surface area (Å²) in [4.78, 5) is 22.7. The normalized spacial score (nSPS) is 15.9. The van der Waals surface area contributed by atoms with Crippen LogP contribution < -0.4 is 10.1 Å². The molecule has 0 atom stereocenters. The van der Waals surface area contributed by atoms with Gasteiger partial charge in [-0.2, -0.15) is 0 Å². The Bertz CT molecular complexity index is 506. The average Bonchev–Trinajstić information content (AvgIpc) is 2.43. The number of hydrogen-bond acceptors (Lipinski definition) is 3. The Balaban J connectivity index is 1.82. The van der Waals surface area contributed by atoms with Crippen molar-refractivity contribution < 1.29 is 19.4 Å². The second-order valence-corrected chi connectivity index (χ2v) is 5.54. The summed E-state index contributed by atoms with van der Waals surface area (Å²) in [6.07, 6.45) is 3.32. The van der Waals surface area contributed by atoms with Gasteiger partial charge in [-0.1, -0.05) is 19.1 Å². The minimum absolute atomic E-state index is 0.0239. The number of carboxylic acid groups (broad SMARTS) is 1. The van der Waals surface area contributed by atoms with E-state index in [0.29, 0.717) is 5.75 Å². The molecular formula is C16H21NO4. The van der Waals surface area contributed by atoms with Gasteiger partial charge < -0.3 is 15.2 Å². The fraction of sp³-hybridized carbons (Fsp3) is 0.500. The number of amides is 1. The highest BCUT2D eigenvalue weighted by Crippen LogP contribution is 2.34. The Hall–Kier alpha value is -2.04. The first-order valence-electron chi connectivity index (χ1n) is 7.27. The number of aliphatic carboxylic acids is 1. The molecule has 5 heteroatoms.